The topological polar surface area (TPSA) is 85.8 Å². The summed E-state index contributed by atoms with van der Waals surface area (Å²) >= 11 is 0. The number of amides is 1. The van der Waals surface area contributed by atoms with Gasteiger partial charge in [0.25, 0.3) is 0 Å². The van der Waals surface area contributed by atoms with Crippen molar-refractivity contribution in [3.63, 3.8) is 0 Å². The molecule has 0 aliphatic carbocycles. The van der Waals surface area contributed by atoms with Crippen molar-refractivity contribution in [2.24, 2.45) is 0 Å². The van der Waals surface area contributed by atoms with Crippen LogP contribution in [0.15, 0.2) is 71.8 Å². The number of aryl methyl sites for hydroxylation is 1. The van der Waals surface area contributed by atoms with Gasteiger partial charge in [-0.1, -0.05) is 12.1 Å². The summed E-state index contributed by atoms with van der Waals surface area (Å²) in [6.07, 6.45) is 5.11. The largest absolute Gasteiger partial charge is 0.441 e. The van der Waals surface area contributed by atoms with Gasteiger partial charge in [0, 0.05) is 18.4 Å². The van der Waals surface area contributed by atoms with E-state index in [4.69, 9.17) is 4.42 Å². The lowest BCUT2D eigenvalue weighted by Crippen LogP contribution is -2.14. The molecule has 7 nitrogen and oxygen atoms in total. The summed E-state index contributed by atoms with van der Waals surface area (Å²) in [7, 11) is 0. The van der Waals surface area contributed by atoms with Crippen molar-refractivity contribution >= 4 is 11.6 Å². The van der Waals surface area contributed by atoms with Crippen molar-refractivity contribution in [3.05, 3.63) is 79.1 Å². The molecule has 0 saturated carbocycles. The van der Waals surface area contributed by atoms with Crippen LogP contribution in [-0.4, -0.2) is 25.7 Å². The average Bonchev–Trinajstić information content (AvgIpc) is 3.40. The molecule has 0 radical (unpaired) electrons. The summed E-state index contributed by atoms with van der Waals surface area (Å²) in [5, 5.41) is 6.97. The molecule has 2 heterocycles. The Hall–Kier alpha value is -3.81. The van der Waals surface area contributed by atoms with Crippen LogP contribution in [0.5, 0.6) is 0 Å². The second kappa shape index (κ2) is 7.83. The molecule has 0 atom stereocenters. The maximum Gasteiger partial charge on any atom is 0.224 e. The Morgan fingerprint density at radius 1 is 1.14 bits per heavy atom. The van der Waals surface area contributed by atoms with E-state index in [2.05, 4.69) is 20.4 Å². The minimum atomic E-state index is -0.314. The number of oxazole rings is 1. The highest BCUT2D eigenvalue weighted by Crippen LogP contribution is 2.22. The summed E-state index contributed by atoms with van der Waals surface area (Å²) in [4.78, 5) is 20.5. The van der Waals surface area contributed by atoms with Crippen LogP contribution >= 0.6 is 0 Å². The summed E-state index contributed by atoms with van der Waals surface area (Å²) in [6, 6.07) is 13.3. The highest BCUT2D eigenvalue weighted by molar-refractivity contribution is 5.92. The van der Waals surface area contributed by atoms with E-state index in [1.54, 1.807) is 35.4 Å². The van der Waals surface area contributed by atoms with Gasteiger partial charge in [-0.3, -0.25) is 4.79 Å². The zero-order chi connectivity index (χ0) is 19.3. The lowest BCUT2D eigenvalue weighted by Gasteiger charge is -2.10. The molecular weight excluding hydrogens is 361 g/mol. The zero-order valence-electron chi connectivity index (χ0n) is 14.7. The molecule has 1 N–H and O–H groups in total. The van der Waals surface area contributed by atoms with E-state index < -0.39 is 0 Å². The molecule has 0 bridgehead atoms. The maximum atomic E-state index is 13.0. The van der Waals surface area contributed by atoms with Gasteiger partial charge in [0.2, 0.25) is 5.91 Å². The summed E-state index contributed by atoms with van der Waals surface area (Å²) in [6.45, 7) is 0. The molecule has 0 saturated heterocycles. The van der Waals surface area contributed by atoms with E-state index in [1.807, 2.05) is 18.2 Å². The fraction of sp³-hybridized carbons (Fsp3) is 0.100. The Morgan fingerprint density at radius 2 is 1.96 bits per heavy atom. The molecule has 4 rings (SSSR count). The predicted molar refractivity (Wildman–Crippen MR) is 100 cm³/mol. The summed E-state index contributed by atoms with van der Waals surface area (Å²) < 4.78 is 20.3. The maximum absolute atomic E-state index is 13.0. The smallest absolute Gasteiger partial charge is 0.224 e. The number of hydrogen-bond donors (Lipinski definition) is 1. The third kappa shape index (κ3) is 3.96. The van der Waals surface area contributed by atoms with Gasteiger partial charge < -0.3 is 9.73 Å². The van der Waals surface area contributed by atoms with Crippen LogP contribution in [0.1, 0.15) is 12.3 Å². The molecule has 2 aromatic heterocycles. The molecule has 8 heteroatoms. The Bertz CT molecular complexity index is 1070. The van der Waals surface area contributed by atoms with Crippen molar-refractivity contribution < 1.29 is 13.6 Å². The number of benzene rings is 2. The van der Waals surface area contributed by atoms with Crippen LogP contribution in [0.4, 0.5) is 10.1 Å². The quantitative estimate of drug-likeness (QED) is 0.554. The van der Waals surface area contributed by atoms with Crippen LogP contribution < -0.4 is 5.32 Å². The molecule has 4 aromatic rings. The monoisotopic (exact) mass is 377 g/mol. The molecule has 0 aliphatic heterocycles. The van der Waals surface area contributed by atoms with E-state index in [9.17, 15) is 9.18 Å². The van der Waals surface area contributed by atoms with Crippen molar-refractivity contribution in [1.29, 1.82) is 0 Å². The number of hydrogen-bond acceptors (Lipinski definition) is 5. The lowest BCUT2D eigenvalue weighted by molar-refractivity contribution is -0.116. The zero-order valence-corrected chi connectivity index (χ0v) is 14.7. The van der Waals surface area contributed by atoms with Gasteiger partial charge in [0.15, 0.2) is 11.7 Å². The van der Waals surface area contributed by atoms with Crippen LogP contribution in [-0.2, 0) is 11.2 Å². The predicted octanol–water partition coefficient (Wildman–Crippen LogP) is 3.63. The molecule has 0 unspecified atom stereocenters. The first-order chi connectivity index (χ1) is 13.7. The molecule has 2 aromatic carbocycles. The Kier molecular flexibility index (Phi) is 4.92. The van der Waals surface area contributed by atoms with E-state index >= 15 is 0 Å². The average molecular weight is 377 g/mol. The normalized spacial score (nSPS) is 10.8. The Balaban J connectivity index is 1.39. The minimum absolute atomic E-state index is 0.172. The fourth-order valence-corrected chi connectivity index (χ4v) is 2.72. The van der Waals surface area contributed by atoms with Crippen LogP contribution in [0.3, 0.4) is 0 Å². The molecule has 0 fully saturated rings. The molecule has 0 spiro atoms. The van der Waals surface area contributed by atoms with Gasteiger partial charge in [0.05, 0.1) is 17.6 Å². The second-order valence-corrected chi connectivity index (χ2v) is 6.03. The highest BCUT2D eigenvalue weighted by Gasteiger charge is 2.12. The highest BCUT2D eigenvalue weighted by atomic mass is 19.1. The molecule has 0 aliphatic rings. The van der Waals surface area contributed by atoms with Crippen molar-refractivity contribution in [1.82, 2.24) is 19.7 Å². The van der Waals surface area contributed by atoms with Gasteiger partial charge in [-0.25, -0.2) is 19.0 Å². The molecular formula is C20H16FN5O2. The van der Waals surface area contributed by atoms with Gasteiger partial charge in [-0.15, -0.1) is 0 Å². The Labute approximate surface area is 159 Å². The van der Waals surface area contributed by atoms with Crippen molar-refractivity contribution in [2.75, 3.05) is 5.32 Å². The lowest BCUT2D eigenvalue weighted by atomic mass is 10.2. The number of aromatic nitrogens is 4. The third-order valence-corrected chi connectivity index (χ3v) is 4.09. The standard InChI is InChI=1S/C20H16FN5O2/c21-15-7-5-14(6-8-15)18-11-23-20(28-18)10-9-19(27)25-16-3-1-2-4-17(16)26-13-22-12-24-26/h1-8,11-13H,9-10H2,(H,25,27). The van der Waals surface area contributed by atoms with Crippen molar-refractivity contribution in [3.8, 4) is 17.0 Å². The number of rotatable bonds is 6. The van der Waals surface area contributed by atoms with E-state index in [1.165, 1.54) is 18.5 Å². The van der Waals surface area contributed by atoms with Crippen LogP contribution in [0.25, 0.3) is 17.0 Å². The van der Waals surface area contributed by atoms with Crippen molar-refractivity contribution in [2.45, 2.75) is 12.8 Å². The molecule has 140 valence electrons. The van der Waals surface area contributed by atoms with E-state index in [0.717, 1.165) is 11.3 Å². The van der Waals surface area contributed by atoms with Gasteiger partial charge >= 0.3 is 0 Å². The minimum Gasteiger partial charge on any atom is -0.441 e. The summed E-state index contributed by atoms with van der Waals surface area (Å²) in [5.74, 6) is 0.492. The number of anilines is 1. The van der Waals surface area contributed by atoms with Crippen LogP contribution in [0, 0.1) is 5.82 Å². The number of carbonyl (C=O) groups is 1. The number of halogens is 1. The van der Waals surface area contributed by atoms with E-state index in [0.29, 0.717) is 23.8 Å². The number of nitrogens with one attached hydrogen (secondary N) is 1. The van der Waals surface area contributed by atoms with Crippen LogP contribution in [0.2, 0.25) is 0 Å². The third-order valence-electron chi connectivity index (χ3n) is 4.09. The molecule has 1 amide bonds. The number of nitrogens with zero attached hydrogens (tertiary/aromatic N) is 4. The SMILES string of the molecule is O=C(CCc1ncc(-c2ccc(F)cc2)o1)Nc1ccccc1-n1cncn1. The van der Waals surface area contributed by atoms with Gasteiger partial charge in [-0.2, -0.15) is 5.10 Å². The Morgan fingerprint density at radius 3 is 2.75 bits per heavy atom. The second-order valence-electron chi connectivity index (χ2n) is 6.03. The fourth-order valence-electron chi connectivity index (χ4n) is 2.72. The first-order valence-electron chi connectivity index (χ1n) is 8.63. The van der Waals surface area contributed by atoms with Gasteiger partial charge in [0.1, 0.15) is 18.5 Å². The number of carbonyl (C=O) groups excluding carboxylic acids is 1. The van der Waals surface area contributed by atoms with Gasteiger partial charge in [-0.05, 0) is 36.4 Å². The summed E-state index contributed by atoms with van der Waals surface area (Å²) in [5.41, 5.74) is 2.09. The first-order valence-corrected chi connectivity index (χ1v) is 8.63. The van der Waals surface area contributed by atoms with E-state index in [-0.39, 0.29) is 18.1 Å². The number of para-hydroxylation sites is 2. The first kappa shape index (κ1) is 17.6. The molecule has 28 heavy (non-hydrogen) atoms.